The summed E-state index contributed by atoms with van der Waals surface area (Å²) >= 11 is 0. The maximum atomic E-state index is 12.6. The van der Waals surface area contributed by atoms with E-state index in [2.05, 4.69) is 47.1 Å². The van der Waals surface area contributed by atoms with Crippen molar-refractivity contribution in [1.82, 2.24) is 15.1 Å². The lowest BCUT2D eigenvalue weighted by Crippen LogP contribution is -2.49. The lowest BCUT2D eigenvalue weighted by molar-refractivity contribution is 0.0740. The van der Waals surface area contributed by atoms with E-state index >= 15 is 0 Å². The maximum absolute atomic E-state index is 12.6. The van der Waals surface area contributed by atoms with Crippen LogP contribution in [0.15, 0.2) is 18.2 Å². The largest absolute Gasteiger partial charge is 0.368 e. The lowest BCUT2D eigenvalue weighted by Gasteiger charge is -2.36. The molecule has 5 nitrogen and oxygen atoms in total. The van der Waals surface area contributed by atoms with Crippen LogP contribution in [-0.4, -0.2) is 47.2 Å². The smallest absolute Gasteiger partial charge is 0.274 e. The van der Waals surface area contributed by atoms with Crippen LogP contribution in [0.4, 0.5) is 5.69 Å². The van der Waals surface area contributed by atoms with Gasteiger partial charge in [-0.1, -0.05) is 12.1 Å². The number of rotatable bonds is 2. The average molecular weight is 312 g/mol. The number of nitrogens with zero attached hydrogens (tertiary/aromatic N) is 3. The summed E-state index contributed by atoms with van der Waals surface area (Å²) in [6, 6.07) is 6.41. The number of carbonyl (C=O) groups is 1. The Balaban J connectivity index is 1.70. The number of carbonyl (C=O) groups excluding carboxylic acids is 1. The second-order valence-corrected chi connectivity index (χ2v) is 6.32. The Morgan fingerprint density at radius 2 is 1.74 bits per heavy atom. The van der Waals surface area contributed by atoms with Crippen molar-refractivity contribution in [3.8, 4) is 0 Å². The van der Waals surface area contributed by atoms with Gasteiger partial charge < -0.3 is 9.80 Å². The third-order valence-corrected chi connectivity index (χ3v) is 4.94. The SMILES string of the molecule is Cc1cccc(N2CCN(C(=O)c3n[nH]c(C)c3C)CC2)c1C. The van der Waals surface area contributed by atoms with Crippen molar-refractivity contribution >= 4 is 11.6 Å². The summed E-state index contributed by atoms with van der Waals surface area (Å²) in [7, 11) is 0. The fraction of sp³-hybridized carbons (Fsp3) is 0.444. The molecule has 1 aliphatic rings. The van der Waals surface area contributed by atoms with Gasteiger partial charge in [0.2, 0.25) is 0 Å². The van der Waals surface area contributed by atoms with E-state index in [9.17, 15) is 4.79 Å². The highest BCUT2D eigenvalue weighted by Gasteiger charge is 2.26. The molecule has 1 N–H and O–H groups in total. The number of aromatic amines is 1. The van der Waals surface area contributed by atoms with E-state index in [-0.39, 0.29) is 5.91 Å². The summed E-state index contributed by atoms with van der Waals surface area (Å²) in [5, 5.41) is 7.06. The van der Waals surface area contributed by atoms with Crippen LogP contribution in [0.25, 0.3) is 0 Å². The molecule has 0 saturated carbocycles. The Morgan fingerprint density at radius 3 is 2.35 bits per heavy atom. The summed E-state index contributed by atoms with van der Waals surface area (Å²) in [6.45, 7) is 11.4. The predicted molar refractivity (Wildman–Crippen MR) is 92.1 cm³/mol. The first kappa shape index (κ1) is 15.6. The molecule has 0 aliphatic carbocycles. The van der Waals surface area contributed by atoms with Gasteiger partial charge in [0.25, 0.3) is 5.91 Å². The first-order chi connectivity index (χ1) is 11.0. The molecule has 1 aromatic carbocycles. The van der Waals surface area contributed by atoms with Crippen LogP contribution >= 0.6 is 0 Å². The Kier molecular flexibility index (Phi) is 4.11. The Bertz CT molecular complexity index is 727. The minimum Gasteiger partial charge on any atom is -0.368 e. The number of aromatic nitrogens is 2. The minimum atomic E-state index is 0.0347. The second-order valence-electron chi connectivity index (χ2n) is 6.32. The number of piperazine rings is 1. The van der Waals surface area contributed by atoms with Crippen LogP contribution in [-0.2, 0) is 0 Å². The topological polar surface area (TPSA) is 52.2 Å². The number of H-pyrrole nitrogens is 1. The van der Waals surface area contributed by atoms with Gasteiger partial charge in [-0.05, 0) is 44.9 Å². The van der Waals surface area contributed by atoms with Crippen LogP contribution in [0.5, 0.6) is 0 Å². The molecule has 3 rings (SSSR count). The average Bonchev–Trinajstić information content (AvgIpc) is 2.89. The molecule has 5 heteroatoms. The van der Waals surface area contributed by atoms with Crippen LogP contribution in [0.3, 0.4) is 0 Å². The van der Waals surface area contributed by atoms with Gasteiger partial charge >= 0.3 is 0 Å². The standard InChI is InChI=1S/C18H24N4O/c1-12-6-5-7-16(13(12)2)21-8-10-22(11-9-21)18(23)17-14(3)15(4)19-20-17/h5-7H,8-11H2,1-4H3,(H,19,20). The molecule has 0 atom stereocenters. The maximum Gasteiger partial charge on any atom is 0.274 e. The monoisotopic (exact) mass is 312 g/mol. The molecule has 1 aliphatic heterocycles. The lowest BCUT2D eigenvalue weighted by atomic mass is 10.1. The summed E-state index contributed by atoms with van der Waals surface area (Å²) in [4.78, 5) is 16.9. The Labute approximate surface area is 137 Å². The fourth-order valence-electron chi connectivity index (χ4n) is 3.07. The van der Waals surface area contributed by atoms with Gasteiger partial charge in [-0.15, -0.1) is 0 Å². The van der Waals surface area contributed by atoms with Gasteiger partial charge in [0.1, 0.15) is 0 Å². The molecule has 122 valence electrons. The summed E-state index contributed by atoms with van der Waals surface area (Å²) in [5.41, 5.74) is 6.38. The van der Waals surface area contributed by atoms with Crippen LogP contribution < -0.4 is 4.90 Å². The highest BCUT2D eigenvalue weighted by Crippen LogP contribution is 2.24. The molecule has 0 radical (unpaired) electrons. The first-order valence-corrected chi connectivity index (χ1v) is 8.11. The van der Waals surface area contributed by atoms with Crippen molar-refractivity contribution in [1.29, 1.82) is 0 Å². The molecule has 23 heavy (non-hydrogen) atoms. The van der Waals surface area contributed by atoms with Crippen molar-refractivity contribution in [2.24, 2.45) is 0 Å². The first-order valence-electron chi connectivity index (χ1n) is 8.11. The molecule has 2 aromatic rings. The number of aryl methyl sites for hydroxylation is 2. The normalized spacial score (nSPS) is 15.1. The summed E-state index contributed by atoms with van der Waals surface area (Å²) in [5.74, 6) is 0.0347. The van der Waals surface area contributed by atoms with E-state index in [1.807, 2.05) is 18.7 Å². The second kappa shape index (κ2) is 6.07. The zero-order valence-corrected chi connectivity index (χ0v) is 14.3. The molecule has 0 bridgehead atoms. The zero-order chi connectivity index (χ0) is 16.6. The fourth-order valence-corrected chi connectivity index (χ4v) is 3.07. The summed E-state index contributed by atoms with van der Waals surface area (Å²) < 4.78 is 0. The number of nitrogens with one attached hydrogen (secondary N) is 1. The molecule has 1 fully saturated rings. The third kappa shape index (κ3) is 2.83. The third-order valence-electron chi connectivity index (χ3n) is 4.94. The van der Waals surface area contributed by atoms with E-state index in [1.165, 1.54) is 16.8 Å². The number of hydrogen-bond acceptors (Lipinski definition) is 3. The summed E-state index contributed by atoms with van der Waals surface area (Å²) in [6.07, 6.45) is 0. The van der Waals surface area contributed by atoms with Crippen LogP contribution in [0, 0.1) is 27.7 Å². The zero-order valence-electron chi connectivity index (χ0n) is 14.3. The van der Waals surface area contributed by atoms with Crippen LogP contribution in [0.1, 0.15) is 32.9 Å². The van der Waals surface area contributed by atoms with E-state index in [4.69, 9.17) is 0 Å². The van der Waals surface area contributed by atoms with Crippen molar-refractivity contribution < 1.29 is 4.79 Å². The van der Waals surface area contributed by atoms with Crippen molar-refractivity contribution in [3.63, 3.8) is 0 Å². The van der Waals surface area contributed by atoms with Crippen molar-refractivity contribution in [2.45, 2.75) is 27.7 Å². The molecule has 1 amide bonds. The number of anilines is 1. The molecular weight excluding hydrogens is 288 g/mol. The van der Waals surface area contributed by atoms with Crippen LogP contribution in [0.2, 0.25) is 0 Å². The van der Waals surface area contributed by atoms with E-state index < -0.39 is 0 Å². The number of benzene rings is 1. The molecule has 0 spiro atoms. The van der Waals surface area contributed by atoms with Gasteiger partial charge in [0.05, 0.1) is 0 Å². The van der Waals surface area contributed by atoms with Gasteiger partial charge in [-0.3, -0.25) is 9.89 Å². The molecular formula is C18H24N4O. The van der Waals surface area contributed by atoms with E-state index in [1.54, 1.807) is 0 Å². The molecule has 1 aromatic heterocycles. The van der Waals surface area contributed by atoms with Gasteiger partial charge in [-0.2, -0.15) is 5.10 Å². The van der Waals surface area contributed by atoms with Gasteiger partial charge in [0.15, 0.2) is 5.69 Å². The number of hydrogen-bond donors (Lipinski definition) is 1. The van der Waals surface area contributed by atoms with Crippen molar-refractivity contribution in [3.05, 3.63) is 46.3 Å². The van der Waals surface area contributed by atoms with E-state index in [0.717, 1.165) is 37.4 Å². The minimum absolute atomic E-state index is 0.0347. The van der Waals surface area contributed by atoms with Crippen molar-refractivity contribution in [2.75, 3.05) is 31.1 Å². The Hall–Kier alpha value is -2.30. The van der Waals surface area contributed by atoms with Gasteiger partial charge in [-0.25, -0.2) is 0 Å². The van der Waals surface area contributed by atoms with E-state index in [0.29, 0.717) is 5.69 Å². The highest BCUT2D eigenvalue weighted by atomic mass is 16.2. The molecule has 0 unspecified atom stereocenters. The Morgan fingerprint density at radius 1 is 1.04 bits per heavy atom. The quantitative estimate of drug-likeness (QED) is 0.927. The van der Waals surface area contributed by atoms with Gasteiger partial charge in [0, 0.05) is 43.1 Å². The molecule has 2 heterocycles. The predicted octanol–water partition coefficient (Wildman–Crippen LogP) is 2.61. The number of amides is 1. The molecule has 1 saturated heterocycles. The highest BCUT2D eigenvalue weighted by molar-refractivity contribution is 5.94.